The van der Waals surface area contributed by atoms with Crippen molar-refractivity contribution in [1.82, 2.24) is 10.2 Å². The minimum absolute atomic E-state index is 0.00136. The van der Waals surface area contributed by atoms with Gasteiger partial charge in [-0.2, -0.15) is 13.2 Å². The van der Waals surface area contributed by atoms with E-state index in [0.29, 0.717) is 11.6 Å². The maximum Gasteiger partial charge on any atom is 0.391 e. The first-order valence-corrected chi connectivity index (χ1v) is 8.12. The number of piperidine rings is 1. The standard InChI is InChI=1S/C17H21F3N2O/c18-17(19,20)14-7-9-22(10-8-14)16(23)13-3-1-12(2-4-13)11-21-15-5-6-15/h1-4,14-15,21H,5-11H2. The molecule has 1 saturated carbocycles. The molecule has 3 rings (SSSR count). The second kappa shape index (κ2) is 6.51. The van der Waals surface area contributed by atoms with Crippen LogP contribution in [0.15, 0.2) is 24.3 Å². The Morgan fingerprint density at radius 3 is 2.22 bits per heavy atom. The Morgan fingerprint density at radius 1 is 1.09 bits per heavy atom. The Balaban J connectivity index is 1.53. The molecular formula is C17H21F3N2O. The minimum Gasteiger partial charge on any atom is -0.339 e. The van der Waals surface area contributed by atoms with Gasteiger partial charge >= 0.3 is 6.18 Å². The van der Waals surface area contributed by atoms with Crippen LogP contribution < -0.4 is 5.32 Å². The lowest BCUT2D eigenvalue weighted by Crippen LogP contribution is -2.42. The van der Waals surface area contributed by atoms with E-state index in [1.807, 2.05) is 12.1 Å². The summed E-state index contributed by atoms with van der Waals surface area (Å²) >= 11 is 0. The van der Waals surface area contributed by atoms with Crippen molar-refractivity contribution in [3.8, 4) is 0 Å². The molecule has 1 amide bonds. The van der Waals surface area contributed by atoms with Gasteiger partial charge in [-0.15, -0.1) is 0 Å². The van der Waals surface area contributed by atoms with Gasteiger partial charge in [-0.25, -0.2) is 0 Å². The molecule has 0 radical (unpaired) electrons. The lowest BCUT2D eigenvalue weighted by molar-refractivity contribution is -0.183. The van der Waals surface area contributed by atoms with Crippen LogP contribution in [0.3, 0.4) is 0 Å². The van der Waals surface area contributed by atoms with Gasteiger partial charge in [0.15, 0.2) is 0 Å². The molecule has 1 aromatic carbocycles. The molecular weight excluding hydrogens is 305 g/mol. The summed E-state index contributed by atoms with van der Waals surface area (Å²) < 4.78 is 38.0. The Kier molecular flexibility index (Phi) is 4.62. The van der Waals surface area contributed by atoms with Gasteiger partial charge in [-0.1, -0.05) is 12.1 Å². The van der Waals surface area contributed by atoms with Crippen LogP contribution >= 0.6 is 0 Å². The molecule has 0 spiro atoms. The Hall–Kier alpha value is -1.56. The molecule has 0 aromatic heterocycles. The number of carbonyl (C=O) groups is 1. The molecule has 3 nitrogen and oxygen atoms in total. The van der Waals surface area contributed by atoms with Crippen molar-refractivity contribution in [2.24, 2.45) is 5.92 Å². The van der Waals surface area contributed by atoms with Gasteiger partial charge in [-0.05, 0) is 43.4 Å². The lowest BCUT2D eigenvalue weighted by Gasteiger charge is -2.33. The summed E-state index contributed by atoms with van der Waals surface area (Å²) in [7, 11) is 0. The smallest absolute Gasteiger partial charge is 0.339 e. The predicted octanol–water partition coefficient (Wildman–Crippen LogP) is 3.35. The SMILES string of the molecule is O=C(c1ccc(CNC2CC2)cc1)N1CCC(C(F)(F)F)CC1. The van der Waals surface area contributed by atoms with Crippen molar-refractivity contribution in [3.63, 3.8) is 0 Å². The number of alkyl halides is 3. The molecule has 1 aliphatic heterocycles. The zero-order chi connectivity index (χ0) is 16.4. The van der Waals surface area contributed by atoms with Crippen molar-refractivity contribution in [2.75, 3.05) is 13.1 Å². The third-order valence-corrected chi connectivity index (χ3v) is 4.62. The highest BCUT2D eigenvalue weighted by Gasteiger charge is 2.41. The van der Waals surface area contributed by atoms with Gasteiger partial charge in [0.2, 0.25) is 0 Å². The molecule has 6 heteroatoms. The predicted molar refractivity (Wildman–Crippen MR) is 81.0 cm³/mol. The topological polar surface area (TPSA) is 32.3 Å². The molecule has 1 saturated heterocycles. The van der Waals surface area contributed by atoms with Crippen molar-refractivity contribution in [1.29, 1.82) is 0 Å². The van der Waals surface area contributed by atoms with Crippen LogP contribution in [-0.2, 0) is 6.54 Å². The van der Waals surface area contributed by atoms with Crippen LogP contribution in [-0.4, -0.2) is 36.1 Å². The van der Waals surface area contributed by atoms with E-state index in [2.05, 4.69) is 5.32 Å². The number of carbonyl (C=O) groups excluding carboxylic acids is 1. The van der Waals surface area contributed by atoms with Crippen molar-refractivity contribution >= 4 is 5.91 Å². The van der Waals surface area contributed by atoms with E-state index in [1.54, 1.807) is 12.1 Å². The molecule has 1 N–H and O–H groups in total. The number of benzene rings is 1. The number of likely N-dealkylation sites (tertiary alicyclic amines) is 1. The molecule has 2 fully saturated rings. The number of halogens is 3. The highest BCUT2D eigenvalue weighted by molar-refractivity contribution is 5.94. The summed E-state index contributed by atoms with van der Waals surface area (Å²) in [6, 6.07) is 7.98. The monoisotopic (exact) mass is 326 g/mol. The first-order chi connectivity index (χ1) is 10.9. The fourth-order valence-corrected chi connectivity index (χ4v) is 2.91. The first kappa shape index (κ1) is 16.3. The highest BCUT2D eigenvalue weighted by atomic mass is 19.4. The van der Waals surface area contributed by atoms with Crippen LogP contribution in [0.25, 0.3) is 0 Å². The second-order valence-corrected chi connectivity index (χ2v) is 6.46. The van der Waals surface area contributed by atoms with E-state index >= 15 is 0 Å². The number of hydrogen-bond acceptors (Lipinski definition) is 2. The Morgan fingerprint density at radius 2 is 1.70 bits per heavy atom. The zero-order valence-electron chi connectivity index (χ0n) is 12.9. The normalized spacial score (nSPS) is 19.9. The van der Waals surface area contributed by atoms with E-state index in [-0.39, 0.29) is 31.8 Å². The van der Waals surface area contributed by atoms with Gasteiger partial charge in [0, 0.05) is 31.2 Å². The summed E-state index contributed by atoms with van der Waals surface area (Å²) in [5.41, 5.74) is 1.66. The van der Waals surface area contributed by atoms with Crippen molar-refractivity contribution in [2.45, 2.75) is 44.4 Å². The molecule has 0 atom stereocenters. The molecule has 126 valence electrons. The van der Waals surface area contributed by atoms with Crippen LogP contribution in [0, 0.1) is 5.92 Å². The molecule has 0 unspecified atom stereocenters. The summed E-state index contributed by atoms with van der Waals surface area (Å²) in [6.45, 7) is 1.14. The molecule has 23 heavy (non-hydrogen) atoms. The average Bonchev–Trinajstić information content (AvgIpc) is 3.36. The number of hydrogen-bond donors (Lipinski definition) is 1. The molecule has 2 aliphatic rings. The number of rotatable bonds is 4. The maximum absolute atomic E-state index is 12.7. The molecule has 0 bridgehead atoms. The van der Waals surface area contributed by atoms with Gasteiger partial charge in [0.25, 0.3) is 5.91 Å². The van der Waals surface area contributed by atoms with Crippen LogP contribution in [0.4, 0.5) is 13.2 Å². The van der Waals surface area contributed by atoms with Crippen LogP contribution in [0.5, 0.6) is 0 Å². The fraction of sp³-hybridized carbons (Fsp3) is 0.588. The van der Waals surface area contributed by atoms with E-state index in [9.17, 15) is 18.0 Å². The first-order valence-electron chi connectivity index (χ1n) is 8.12. The molecule has 1 aromatic rings. The summed E-state index contributed by atoms with van der Waals surface area (Å²) in [5.74, 6) is -1.45. The summed E-state index contributed by atoms with van der Waals surface area (Å²) in [6.07, 6.45) is -1.70. The zero-order valence-corrected chi connectivity index (χ0v) is 12.9. The van der Waals surface area contributed by atoms with Crippen LogP contribution in [0.2, 0.25) is 0 Å². The van der Waals surface area contributed by atoms with E-state index in [0.717, 1.165) is 12.1 Å². The fourth-order valence-electron chi connectivity index (χ4n) is 2.91. The average molecular weight is 326 g/mol. The minimum atomic E-state index is -4.15. The van der Waals surface area contributed by atoms with E-state index in [4.69, 9.17) is 0 Å². The van der Waals surface area contributed by atoms with Crippen LogP contribution in [0.1, 0.15) is 41.6 Å². The number of nitrogens with zero attached hydrogens (tertiary/aromatic N) is 1. The number of nitrogens with one attached hydrogen (secondary N) is 1. The molecule has 1 aliphatic carbocycles. The van der Waals surface area contributed by atoms with Gasteiger partial charge in [0.05, 0.1) is 5.92 Å². The van der Waals surface area contributed by atoms with E-state index < -0.39 is 12.1 Å². The summed E-state index contributed by atoms with van der Waals surface area (Å²) in [5, 5.41) is 3.40. The second-order valence-electron chi connectivity index (χ2n) is 6.46. The van der Waals surface area contributed by atoms with Crippen molar-refractivity contribution < 1.29 is 18.0 Å². The third kappa shape index (κ3) is 4.25. The summed E-state index contributed by atoms with van der Waals surface area (Å²) in [4.78, 5) is 13.9. The van der Waals surface area contributed by atoms with Gasteiger partial charge in [0.1, 0.15) is 0 Å². The highest BCUT2D eigenvalue weighted by Crippen LogP contribution is 2.34. The van der Waals surface area contributed by atoms with Gasteiger partial charge in [-0.3, -0.25) is 4.79 Å². The Labute approximate surface area is 133 Å². The van der Waals surface area contributed by atoms with E-state index in [1.165, 1.54) is 17.7 Å². The lowest BCUT2D eigenvalue weighted by atomic mass is 9.96. The third-order valence-electron chi connectivity index (χ3n) is 4.62. The van der Waals surface area contributed by atoms with Gasteiger partial charge < -0.3 is 10.2 Å². The quantitative estimate of drug-likeness (QED) is 0.920. The largest absolute Gasteiger partial charge is 0.391 e. The van der Waals surface area contributed by atoms with Crippen molar-refractivity contribution in [3.05, 3.63) is 35.4 Å². The molecule has 1 heterocycles. The maximum atomic E-state index is 12.7. The Bertz CT molecular complexity index is 544. The number of amides is 1.